The van der Waals surface area contributed by atoms with Crippen LogP contribution in [0.1, 0.15) is 23.1 Å². The van der Waals surface area contributed by atoms with Crippen molar-refractivity contribution in [1.82, 2.24) is 0 Å². The minimum Gasteiger partial charge on any atom is -0.367 e. The first-order chi connectivity index (χ1) is 9.78. The van der Waals surface area contributed by atoms with Crippen LogP contribution in [0.5, 0.6) is 0 Å². The number of halogens is 1. The highest BCUT2D eigenvalue weighted by molar-refractivity contribution is 5.55. The predicted octanol–water partition coefficient (Wildman–Crippen LogP) is 3.24. The summed E-state index contributed by atoms with van der Waals surface area (Å²) in [5.74, 6) is -0.148. The van der Waals surface area contributed by atoms with Gasteiger partial charge >= 0.3 is 0 Å². The number of benzene rings is 2. The molecule has 0 aliphatic carbocycles. The number of nitrogens with zero attached hydrogens (tertiary/aromatic N) is 1. The lowest BCUT2D eigenvalue weighted by molar-refractivity contribution is 0.596. The largest absolute Gasteiger partial charge is 0.367 e. The lowest BCUT2D eigenvalue weighted by Crippen LogP contribution is -2.29. The number of hydrogen-bond donors (Lipinski definition) is 1. The third-order valence-corrected chi connectivity index (χ3v) is 3.91. The molecule has 0 fully saturated rings. The third-order valence-electron chi connectivity index (χ3n) is 3.91. The number of aryl methyl sites for hydroxylation is 1. The smallest absolute Gasteiger partial charge is 0.128 e. The van der Waals surface area contributed by atoms with Crippen LogP contribution in [0.4, 0.5) is 10.1 Å². The van der Waals surface area contributed by atoms with E-state index in [-0.39, 0.29) is 5.82 Å². The quantitative estimate of drug-likeness (QED) is 0.927. The van der Waals surface area contributed by atoms with Gasteiger partial charge in [0.15, 0.2) is 0 Å². The summed E-state index contributed by atoms with van der Waals surface area (Å²) in [5.41, 5.74) is 9.94. The lowest BCUT2D eigenvalue weighted by atomic mass is 10.0. The van der Waals surface area contributed by atoms with E-state index in [1.165, 1.54) is 17.3 Å². The van der Waals surface area contributed by atoms with Gasteiger partial charge in [0.05, 0.1) is 0 Å². The molecule has 2 nitrogen and oxygen atoms in total. The van der Waals surface area contributed by atoms with Crippen molar-refractivity contribution in [2.75, 3.05) is 11.4 Å². The van der Waals surface area contributed by atoms with Crippen LogP contribution in [0.25, 0.3) is 0 Å². The molecule has 20 heavy (non-hydrogen) atoms. The molecule has 0 atom stereocenters. The van der Waals surface area contributed by atoms with E-state index in [9.17, 15) is 4.39 Å². The Morgan fingerprint density at radius 1 is 1.15 bits per heavy atom. The van der Waals surface area contributed by atoms with Crippen LogP contribution in [0, 0.1) is 5.82 Å². The van der Waals surface area contributed by atoms with E-state index in [0.29, 0.717) is 13.1 Å². The first-order valence-corrected chi connectivity index (χ1v) is 7.08. The van der Waals surface area contributed by atoms with Crippen molar-refractivity contribution in [3.8, 4) is 0 Å². The van der Waals surface area contributed by atoms with E-state index in [1.54, 1.807) is 6.07 Å². The Labute approximate surface area is 119 Å². The summed E-state index contributed by atoms with van der Waals surface area (Å²) in [4.78, 5) is 2.26. The number of para-hydroxylation sites is 1. The van der Waals surface area contributed by atoms with Crippen LogP contribution in [-0.4, -0.2) is 6.54 Å². The number of rotatable bonds is 3. The fourth-order valence-electron chi connectivity index (χ4n) is 2.86. The first-order valence-electron chi connectivity index (χ1n) is 7.08. The monoisotopic (exact) mass is 270 g/mol. The molecule has 0 bridgehead atoms. The summed E-state index contributed by atoms with van der Waals surface area (Å²) in [6, 6.07) is 13.6. The van der Waals surface area contributed by atoms with E-state index < -0.39 is 0 Å². The summed E-state index contributed by atoms with van der Waals surface area (Å²) in [7, 11) is 0. The highest BCUT2D eigenvalue weighted by atomic mass is 19.1. The van der Waals surface area contributed by atoms with Crippen LogP contribution >= 0.6 is 0 Å². The summed E-state index contributed by atoms with van der Waals surface area (Å²) >= 11 is 0. The highest BCUT2D eigenvalue weighted by Gasteiger charge is 2.17. The molecule has 3 heteroatoms. The molecule has 0 unspecified atom stereocenters. The maximum atomic E-state index is 14.0. The van der Waals surface area contributed by atoms with Crippen LogP contribution in [0.15, 0.2) is 42.5 Å². The van der Waals surface area contributed by atoms with Gasteiger partial charge in [0.1, 0.15) is 5.82 Å². The zero-order chi connectivity index (χ0) is 13.9. The number of hydrogen-bond acceptors (Lipinski definition) is 2. The molecule has 0 saturated heterocycles. The van der Waals surface area contributed by atoms with Crippen molar-refractivity contribution >= 4 is 5.69 Å². The Morgan fingerprint density at radius 2 is 2.00 bits per heavy atom. The molecule has 2 aromatic rings. The average Bonchev–Trinajstić information content (AvgIpc) is 2.50. The molecule has 0 radical (unpaired) electrons. The molecule has 3 rings (SSSR count). The molecule has 1 aliphatic rings. The van der Waals surface area contributed by atoms with E-state index in [1.807, 2.05) is 12.1 Å². The van der Waals surface area contributed by atoms with Crippen molar-refractivity contribution in [2.24, 2.45) is 5.73 Å². The minimum atomic E-state index is -0.148. The van der Waals surface area contributed by atoms with Gasteiger partial charge in [0.2, 0.25) is 0 Å². The number of anilines is 1. The molecule has 0 amide bonds. The Hall–Kier alpha value is -1.87. The Balaban J connectivity index is 1.89. The maximum Gasteiger partial charge on any atom is 0.128 e. The van der Waals surface area contributed by atoms with Gasteiger partial charge in [-0.3, -0.25) is 0 Å². The summed E-state index contributed by atoms with van der Waals surface area (Å²) < 4.78 is 14.0. The topological polar surface area (TPSA) is 29.3 Å². The Kier molecular flexibility index (Phi) is 3.70. The molecule has 1 heterocycles. The SMILES string of the molecule is NCc1ccc(F)c(CN2CCCc3ccccc32)c1. The van der Waals surface area contributed by atoms with E-state index in [0.717, 1.165) is 30.5 Å². The van der Waals surface area contributed by atoms with Crippen LogP contribution < -0.4 is 10.6 Å². The zero-order valence-corrected chi connectivity index (χ0v) is 11.5. The van der Waals surface area contributed by atoms with Gasteiger partial charge in [-0.25, -0.2) is 4.39 Å². The highest BCUT2D eigenvalue weighted by Crippen LogP contribution is 2.28. The first kappa shape index (κ1) is 13.1. The molecule has 2 aromatic carbocycles. The molecule has 104 valence electrons. The number of fused-ring (bicyclic) bond motifs is 1. The third kappa shape index (κ3) is 2.54. The molecule has 0 saturated carbocycles. The van der Waals surface area contributed by atoms with E-state index in [2.05, 4.69) is 23.1 Å². The van der Waals surface area contributed by atoms with E-state index in [4.69, 9.17) is 5.73 Å². The lowest BCUT2D eigenvalue weighted by Gasteiger charge is -2.31. The molecular weight excluding hydrogens is 251 g/mol. The number of nitrogens with two attached hydrogens (primary N) is 1. The fraction of sp³-hybridized carbons (Fsp3) is 0.294. The van der Waals surface area contributed by atoms with Crippen molar-refractivity contribution in [3.63, 3.8) is 0 Å². The maximum absolute atomic E-state index is 14.0. The van der Waals surface area contributed by atoms with Gasteiger partial charge < -0.3 is 10.6 Å². The second kappa shape index (κ2) is 5.63. The minimum absolute atomic E-state index is 0.148. The molecule has 0 aromatic heterocycles. The molecular formula is C17H19FN2. The van der Waals surface area contributed by atoms with Gasteiger partial charge in [0.25, 0.3) is 0 Å². The zero-order valence-electron chi connectivity index (χ0n) is 11.5. The Morgan fingerprint density at radius 3 is 2.85 bits per heavy atom. The molecule has 1 aliphatic heterocycles. The fourth-order valence-corrected chi connectivity index (χ4v) is 2.86. The van der Waals surface area contributed by atoms with E-state index >= 15 is 0 Å². The van der Waals surface area contributed by atoms with Gasteiger partial charge in [-0.1, -0.05) is 24.3 Å². The standard InChI is InChI=1S/C17H19FN2/c18-16-8-7-13(11-19)10-15(16)12-20-9-3-5-14-4-1-2-6-17(14)20/h1-2,4,6-8,10H,3,5,9,11-12,19H2. The normalized spacial score (nSPS) is 14.2. The van der Waals surface area contributed by atoms with Crippen molar-refractivity contribution in [2.45, 2.75) is 25.9 Å². The van der Waals surface area contributed by atoms with Gasteiger partial charge in [-0.15, -0.1) is 0 Å². The molecule has 0 spiro atoms. The average molecular weight is 270 g/mol. The van der Waals surface area contributed by atoms with Crippen molar-refractivity contribution < 1.29 is 4.39 Å². The van der Waals surface area contributed by atoms with Crippen molar-refractivity contribution in [3.05, 3.63) is 65.0 Å². The second-order valence-corrected chi connectivity index (χ2v) is 5.28. The predicted molar refractivity (Wildman–Crippen MR) is 80.1 cm³/mol. The van der Waals surface area contributed by atoms with Crippen LogP contribution in [0.2, 0.25) is 0 Å². The van der Waals surface area contributed by atoms with Gasteiger partial charge in [0, 0.05) is 30.9 Å². The molecule has 2 N–H and O–H groups in total. The van der Waals surface area contributed by atoms with Crippen molar-refractivity contribution in [1.29, 1.82) is 0 Å². The summed E-state index contributed by atoms with van der Waals surface area (Å²) in [5, 5.41) is 0. The second-order valence-electron chi connectivity index (χ2n) is 5.28. The summed E-state index contributed by atoms with van der Waals surface area (Å²) in [6.07, 6.45) is 2.23. The van der Waals surface area contributed by atoms with Crippen LogP contribution in [-0.2, 0) is 19.5 Å². The van der Waals surface area contributed by atoms with Gasteiger partial charge in [-0.2, -0.15) is 0 Å². The van der Waals surface area contributed by atoms with Crippen LogP contribution in [0.3, 0.4) is 0 Å². The summed E-state index contributed by atoms with van der Waals surface area (Å²) in [6.45, 7) is 2.03. The van der Waals surface area contributed by atoms with Gasteiger partial charge in [-0.05, 0) is 42.2 Å². The Bertz CT molecular complexity index is 610.